The van der Waals surface area contributed by atoms with Gasteiger partial charge in [0.25, 0.3) is 0 Å². The lowest BCUT2D eigenvalue weighted by molar-refractivity contribution is -0.00657. The summed E-state index contributed by atoms with van der Waals surface area (Å²) >= 11 is 5.96. The molecule has 2 atom stereocenters. The normalized spacial score (nSPS) is 19.8. The number of aromatic nitrogens is 1. The number of oxazole rings is 1. The molecule has 0 N–H and O–H groups in total. The zero-order valence-corrected chi connectivity index (χ0v) is 18.0. The predicted octanol–water partition coefficient (Wildman–Crippen LogP) is 4.58. The van der Waals surface area contributed by atoms with Gasteiger partial charge in [-0.15, -0.1) is 0 Å². The third-order valence-electron chi connectivity index (χ3n) is 4.76. The maximum Gasteiger partial charge on any atom is 0.236 e. The summed E-state index contributed by atoms with van der Waals surface area (Å²) in [7, 11) is -4.05. The molecule has 0 amide bonds. The summed E-state index contributed by atoms with van der Waals surface area (Å²) in [5.74, 6) is -0.215. The quantitative estimate of drug-likeness (QED) is 0.542. The molecule has 1 aliphatic rings. The van der Waals surface area contributed by atoms with Crippen LogP contribution in [0.3, 0.4) is 0 Å². The monoisotopic (exact) mass is 450 g/mol. The van der Waals surface area contributed by atoms with E-state index in [1.807, 2.05) is 18.7 Å². The molecule has 1 aromatic heterocycles. The van der Waals surface area contributed by atoms with Crippen molar-refractivity contribution >= 4 is 27.3 Å². The van der Waals surface area contributed by atoms with Crippen LogP contribution in [0, 0.1) is 5.82 Å². The highest BCUT2D eigenvalue weighted by Gasteiger charge is 2.34. The molecular weight excluding hydrogens is 431 g/mol. The molecule has 2 heterocycles. The van der Waals surface area contributed by atoms with Gasteiger partial charge in [0.1, 0.15) is 5.82 Å². The summed E-state index contributed by atoms with van der Waals surface area (Å²) in [5, 5.41) is 0.334. The summed E-state index contributed by atoms with van der Waals surface area (Å²) in [6.07, 6.45) is -0.224. The van der Waals surface area contributed by atoms with E-state index in [0.717, 1.165) is 12.1 Å². The summed E-state index contributed by atoms with van der Waals surface area (Å²) < 4.78 is 51.8. The fourth-order valence-corrected chi connectivity index (χ4v) is 4.91. The Morgan fingerprint density at radius 3 is 2.23 bits per heavy atom. The molecule has 0 bridgehead atoms. The number of morpholine rings is 1. The molecule has 0 unspecified atom stereocenters. The number of anilines is 1. The molecule has 1 aliphatic heterocycles. The second-order valence-electron chi connectivity index (χ2n) is 7.26. The maximum absolute atomic E-state index is 13.3. The minimum atomic E-state index is -4.05. The van der Waals surface area contributed by atoms with Gasteiger partial charge in [-0.05, 0) is 62.4 Å². The number of sulfone groups is 1. The fourth-order valence-electron chi connectivity index (χ4n) is 3.46. The fraction of sp³-hybridized carbons (Fsp3) is 0.286. The highest BCUT2D eigenvalue weighted by Crippen LogP contribution is 2.36. The molecule has 1 saturated heterocycles. The van der Waals surface area contributed by atoms with E-state index in [9.17, 15) is 12.8 Å². The molecule has 9 heteroatoms. The first-order valence-corrected chi connectivity index (χ1v) is 11.3. The van der Waals surface area contributed by atoms with Crippen LogP contribution in [0.15, 0.2) is 62.9 Å². The lowest BCUT2D eigenvalue weighted by Gasteiger charge is -2.35. The summed E-state index contributed by atoms with van der Waals surface area (Å²) in [6.45, 7) is 4.72. The van der Waals surface area contributed by atoms with E-state index in [1.54, 1.807) is 24.3 Å². The third kappa shape index (κ3) is 4.08. The van der Waals surface area contributed by atoms with Crippen LogP contribution >= 0.6 is 11.6 Å². The molecule has 0 radical (unpaired) electrons. The Balaban J connectivity index is 1.85. The van der Waals surface area contributed by atoms with Crippen LogP contribution in [0.4, 0.5) is 10.3 Å². The Kier molecular flexibility index (Phi) is 5.57. The van der Waals surface area contributed by atoms with Crippen molar-refractivity contribution < 1.29 is 22.0 Å². The van der Waals surface area contributed by atoms with Gasteiger partial charge in [-0.2, -0.15) is 4.98 Å². The highest BCUT2D eigenvalue weighted by atomic mass is 35.5. The number of hydrogen-bond donors (Lipinski definition) is 0. The average molecular weight is 451 g/mol. The number of ether oxygens (including phenoxy) is 1. The number of benzene rings is 2. The SMILES string of the molecule is C[C@@H]1CN(c2oc(-c3ccc(Cl)cc3)nc2S(=O)(=O)c2ccc(F)cc2)C[C@@H](C)O1. The molecule has 158 valence electrons. The molecular formula is C21H20ClFN2O4S. The largest absolute Gasteiger partial charge is 0.419 e. The molecule has 0 aliphatic carbocycles. The Hall–Kier alpha value is -2.42. The van der Waals surface area contributed by atoms with E-state index in [2.05, 4.69) is 4.98 Å². The van der Waals surface area contributed by atoms with E-state index in [1.165, 1.54) is 12.1 Å². The zero-order valence-electron chi connectivity index (χ0n) is 16.4. The van der Waals surface area contributed by atoms with Crippen LogP contribution < -0.4 is 4.90 Å². The van der Waals surface area contributed by atoms with Crippen LogP contribution in [0.2, 0.25) is 5.02 Å². The molecule has 4 rings (SSSR count). The molecule has 30 heavy (non-hydrogen) atoms. The molecule has 0 spiro atoms. The van der Waals surface area contributed by atoms with E-state index in [4.69, 9.17) is 20.8 Å². The van der Waals surface area contributed by atoms with Gasteiger partial charge in [-0.3, -0.25) is 0 Å². The minimum Gasteiger partial charge on any atom is -0.419 e. The van der Waals surface area contributed by atoms with Crippen molar-refractivity contribution in [3.8, 4) is 11.5 Å². The van der Waals surface area contributed by atoms with Crippen molar-refractivity contribution in [2.45, 2.75) is 36.0 Å². The van der Waals surface area contributed by atoms with Crippen molar-refractivity contribution in [3.05, 3.63) is 59.4 Å². The van der Waals surface area contributed by atoms with Crippen molar-refractivity contribution in [1.82, 2.24) is 4.98 Å². The van der Waals surface area contributed by atoms with Gasteiger partial charge in [-0.25, -0.2) is 12.8 Å². The van der Waals surface area contributed by atoms with Gasteiger partial charge >= 0.3 is 0 Å². The van der Waals surface area contributed by atoms with Crippen molar-refractivity contribution in [2.24, 2.45) is 0 Å². The van der Waals surface area contributed by atoms with E-state index >= 15 is 0 Å². The first kappa shape index (κ1) is 20.8. The van der Waals surface area contributed by atoms with Gasteiger partial charge in [0.05, 0.1) is 17.1 Å². The highest BCUT2D eigenvalue weighted by molar-refractivity contribution is 7.91. The van der Waals surface area contributed by atoms with Gasteiger partial charge in [0.2, 0.25) is 26.6 Å². The average Bonchev–Trinajstić information content (AvgIpc) is 3.14. The summed E-state index contributed by atoms with van der Waals surface area (Å²) in [6, 6.07) is 11.4. The Bertz CT molecular complexity index is 1140. The van der Waals surface area contributed by atoms with Gasteiger partial charge < -0.3 is 14.1 Å². The zero-order chi connectivity index (χ0) is 21.5. The topological polar surface area (TPSA) is 72.6 Å². The van der Waals surface area contributed by atoms with Crippen LogP contribution in [0.25, 0.3) is 11.5 Å². The van der Waals surface area contributed by atoms with E-state index in [0.29, 0.717) is 23.7 Å². The minimum absolute atomic E-state index is 0.0598. The molecule has 0 saturated carbocycles. The van der Waals surface area contributed by atoms with E-state index in [-0.39, 0.29) is 33.9 Å². The number of nitrogens with zero attached hydrogens (tertiary/aromatic N) is 2. The number of hydrogen-bond acceptors (Lipinski definition) is 6. The van der Waals surface area contributed by atoms with Crippen LogP contribution in [0.5, 0.6) is 0 Å². The molecule has 1 fully saturated rings. The van der Waals surface area contributed by atoms with Crippen LogP contribution in [0.1, 0.15) is 13.8 Å². The second-order valence-corrected chi connectivity index (χ2v) is 9.56. The molecule has 2 aromatic carbocycles. The second kappa shape index (κ2) is 8.02. The lowest BCUT2D eigenvalue weighted by Crippen LogP contribution is -2.45. The predicted molar refractivity (Wildman–Crippen MR) is 111 cm³/mol. The van der Waals surface area contributed by atoms with Crippen LogP contribution in [-0.2, 0) is 14.6 Å². The van der Waals surface area contributed by atoms with E-state index < -0.39 is 15.7 Å². The number of rotatable bonds is 4. The van der Waals surface area contributed by atoms with Gasteiger partial charge in [0, 0.05) is 23.7 Å². The Labute approximate surface area is 179 Å². The van der Waals surface area contributed by atoms with Gasteiger partial charge in [0.15, 0.2) is 0 Å². The van der Waals surface area contributed by atoms with Crippen molar-refractivity contribution in [2.75, 3.05) is 18.0 Å². The third-order valence-corrected chi connectivity index (χ3v) is 6.68. The molecule has 6 nitrogen and oxygen atoms in total. The maximum atomic E-state index is 13.3. The summed E-state index contributed by atoms with van der Waals surface area (Å²) in [5.41, 5.74) is 0.593. The smallest absolute Gasteiger partial charge is 0.236 e. The Morgan fingerprint density at radius 1 is 1.03 bits per heavy atom. The first-order valence-electron chi connectivity index (χ1n) is 9.42. The molecule has 3 aromatic rings. The summed E-state index contributed by atoms with van der Waals surface area (Å²) in [4.78, 5) is 6.09. The van der Waals surface area contributed by atoms with Crippen molar-refractivity contribution in [1.29, 1.82) is 0 Å². The first-order chi connectivity index (χ1) is 14.2. The Morgan fingerprint density at radius 2 is 1.63 bits per heavy atom. The van der Waals surface area contributed by atoms with Crippen molar-refractivity contribution in [3.63, 3.8) is 0 Å². The van der Waals surface area contributed by atoms with Gasteiger partial charge in [-0.1, -0.05) is 11.6 Å². The standard InChI is InChI=1S/C21H20ClFN2O4S/c1-13-11-25(12-14(2)28-13)21-20(30(26,27)18-9-7-17(23)8-10-18)24-19(29-21)15-3-5-16(22)6-4-15/h3-10,13-14H,11-12H2,1-2H3/t13-,14-/m1/s1. The number of halogens is 2. The van der Waals surface area contributed by atoms with Crippen LogP contribution in [-0.4, -0.2) is 38.7 Å². The lowest BCUT2D eigenvalue weighted by atomic mass is 10.2.